The number of nitrogens with zero attached hydrogens (tertiary/aromatic N) is 1. The van der Waals surface area contributed by atoms with Gasteiger partial charge in [0.05, 0.1) is 0 Å². The van der Waals surface area contributed by atoms with Gasteiger partial charge in [0.15, 0.2) is 6.29 Å². The molecule has 0 bridgehead atoms. The molecule has 110 valence electrons. The molecule has 1 aromatic rings. The van der Waals surface area contributed by atoms with E-state index in [1.54, 1.807) is 6.92 Å². The fourth-order valence-corrected chi connectivity index (χ4v) is 0.994. The van der Waals surface area contributed by atoms with Gasteiger partial charge >= 0.3 is 10.4 Å². The number of carbonyl (C=O) groups excluding carboxylic acids is 1. The van der Waals surface area contributed by atoms with Crippen LogP contribution in [0.1, 0.15) is 17.3 Å². The van der Waals surface area contributed by atoms with Crippen LogP contribution in [0, 0.1) is 0 Å². The lowest BCUT2D eigenvalue weighted by atomic mass is 10.2. The molecule has 0 unspecified atom stereocenters. The lowest BCUT2D eigenvalue weighted by Gasteiger charge is -2.13. The number of carbonyl (C=O) groups is 1. The van der Waals surface area contributed by atoms with Crippen molar-refractivity contribution >= 4 is 22.4 Å². The summed E-state index contributed by atoms with van der Waals surface area (Å²) in [7, 11) is -0.829. The monoisotopic (exact) mass is 293 g/mol. The molecule has 0 amide bonds. The molecule has 19 heavy (non-hydrogen) atoms. The van der Waals surface area contributed by atoms with E-state index in [1.807, 2.05) is 43.3 Å². The minimum atomic E-state index is -4.67. The van der Waals surface area contributed by atoms with Gasteiger partial charge in [-0.25, -0.2) is 0 Å². The molecule has 0 aliphatic rings. The molecule has 1 aromatic carbocycles. The Labute approximate surface area is 113 Å². The summed E-state index contributed by atoms with van der Waals surface area (Å²) in [5, 5.41) is 7.57. The van der Waals surface area contributed by atoms with Gasteiger partial charge in [-0.2, -0.15) is 8.42 Å². The average Bonchev–Trinajstić information content (AvgIpc) is 2.27. The van der Waals surface area contributed by atoms with Crippen molar-refractivity contribution < 1.29 is 27.4 Å². The summed E-state index contributed by atoms with van der Waals surface area (Å²) in [5.41, 5.74) is 1.69. The molecule has 0 saturated carbocycles. The Morgan fingerprint density at radius 3 is 1.84 bits per heavy atom. The molecule has 1 rings (SSSR count). The van der Waals surface area contributed by atoms with Gasteiger partial charge in [0.2, 0.25) is 0 Å². The average molecular weight is 293 g/mol. The summed E-state index contributed by atoms with van der Waals surface area (Å²) < 4.78 is 31.6. The second kappa shape index (κ2) is 10.4. The third kappa shape index (κ3) is 14.5. The highest BCUT2D eigenvalue weighted by Gasteiger charge is 1.99. The van der Waals surface area contributed by atoms with Crippen LogP contribution in [0.3, 0.4) is 0 Å². The van der Waals surface area contributed by atoms with Crippen molar-refractivity contribution in [3.8, 4) is 0 Å². The molecule has 0 radical (unpaired) electrons. The van der Waals surface area contributed by atoms with E-state index in [2.05, 4.69) is 0 Å². The van der Waals surface area contributed by atoms with Crippen LogP contribution < -0.4 is 4.90 Å². The highest BCUT2D eigenvalue weighted by atomic mass is 32.3. The quantitative estimate of drug-likeness (QED) is 0.548. The highest BCUT2D eigenvalue weighted by molar-refractivity contribution is 7.79. The maximum atomic E-state index is 10.5. The number of hydrogen-bond acceptors (Lipinski definition) is 5. The van der Waals surface area contributed by atoms with Crippen LogP contribution in [0.4, 0.5) is 5.69 Å². The van der Waals surface area contributed by atoms with Crippen LogP contribution in [-0.2, 0) is 10.4 Å². The Morgan fingerprint density at radius 1 is 1.21 bits per heavy atom. The summed E-state index contributed by atoms with van der Waals surface area (Å²) in [5.74, 6) is 0. The number of hydrogen-bond donors (Lipinski definition) is 3. The summed E-state index contributed by atoms with van der Waals surface area (Å²) in [4.78, 5) is 12.4. The molecule has 0 atom stereocenters. The van der Waals surface area contributed by atoms with Gasteiger partial charge in [0.1, 0.15) is 0 Å². The molecule has 0 spiro atoms. The van der Waals surface area contributed by atoms with E-state index >= 15 is 0 Å². The summed E-state index contributed by atoms with van der Waals surface area (Å²) in [6.07, 6.45) is 0.870. The predicted octanol–water partition coefficient (Wildman–Crippen LogP) is 0.911. The molecule has 7 nitrogen and oxygen atoms in total. The van der Waals surface area contributed by atoms with Gasteiger partial charge in [-0.1, -0.05) is 12.1 Å². The molecule has 0 fully saturated rings. The largest absolute Gasteiger partial charge is 0.397 e. The molecule has 0 saturated heterocycles. The summed E-state index contributed by atoms with van der Waals surface area (Å²) >= 11 is 0. The first-order valence-electron chi connectivity index (χ1n) is 5.19. The first kappa shape index (κ1) is 19.9. The SMILES string of the molecule is CCO.CN(C)c1ccccc1C=O.O=S(=O)(O)O. The molecule has 0 aromatic heterocycles. The van der Waals surface area contributed by atoms with Crippen molar-refractivity contribution in [3.63, 3.8) is 0 Å². The normalized spacial score (nSPS) is 9.37. The zero-order chi connectivity index (χ0) is 15.5. The van der Waals surface area contributed by atoms with E-state index in [0.717, 1.165) is 17.5 Å². The molecule has 0 aliphatic carbocycles. The number of para-hydroxylation sites is 1. The Balaban J connectivity index is 0. The molecule has 3 N–H and O–H groups in total. The van der Waals surface area contributed by atoms with Crippen LogP contribution >= 0.6 is 0 Å². The van der Waals surface area contributed by atoms with Crippen molar-refractivity contribution in [1.82, 2.24) is 0 Å². The number of aliphatic hydroxyl groups excluding tert-OH is 1. The van der Waals surface area contributed by atoms with E-state index in [9.17, 15) is 4.79 Å². The highest BCUT2D eigenvalue weighted by Crippen LogP contribution is 2.14. The molecule has 8 heteroatoms. The fourth-order valence-electron chi connectivity index (χ4n) is 0.994. The molecular weight excluding hydrogens is 274 g/mol. The van der Waals surface area contributed by atoms with E-state index in [-0.39, 0.29) is 6.61 Å². The summed E-state index contributed by atoms with van der Waals surface area (Å²) in [6.45, 7) is 1.93. The van der Waals surface area contributed by atoms with E-state index in [4.69, 9.17) is 22.6 Å². The maximum absolute atomic E-state index is 10.5. The van der Waals surface area contributed by atoms with Gasteiger partial charge in [-0.05, 0) is 19.1 Å². The topological polar surface area (TPSA) is 115 Å². The first-order chi connectivity index (χ1) is 8.67. The molecule has 0 aliphatic heterocycles. The summed E-state index contributed by atoms with van der Waals surface area (Å²) in [6, 6.07) is 7.51. The van der Waals surface area contributed by atoms with Crippen molar-refractivity contribution in [2.24, 2.45) is 0 Å². The number of aliphatic hydroxyl groups is 1. The van der Waals surface area contributed by atoms with Gasteiger partial charge in [-0.15, -0.1) is 0 Å². The Hall–Kier alpha value is -1.48. The van der Waals surface area contributed by atoms with Crippen LogP contribution in [-0.4, -0.2) is 49.6 Å². The number of rotatable bonds is 2. The maximum Gasteiger partial charge on any atom is 0.394 e. The van der Waals surface area contributed by atoms with Crippen LogP contribution in [0.5, 0.6) is 0 Å². The van der Waals surface area contributed by atoms with Crippen molar-refractivity contribution in [1.29, 1.82) is 0 Å². The first-order valence-corrected chi connectivity index (χ1v) is 6.59. The lowest BCUT2D eigenvalue weighted by molar-refractivity contribution is 0.112. The minimum Gasteiger partial charge on any atom is -0.397 e. The van der Waals surface area contributed by atoms with Crippen molar-refractivity contribution in [2.75, 3.05) is 25.6 Å². The van der Waals surface area contributed by atoms with Crippen LogP contribution in [0.15, 0.2) is 24.3 Å². The Kier molecular flexibility index (Phi) is 10.9. The van der Waals surface area contributed by atoms with Crippen molar-refractivity contribution in [2.45, 2.75) is 6.92 Å². The van der Waals surface area contributed by atoms with Gasteiger partial charge in [0, 0.05) is 32.0 Å². The molecular formula is C11H19NO6S. The third-order valence-corrected chi connectivity index (χ3v) is 1.55. The van der Waals surface area contributed by atoms with Crippen LogP contribution in [0.25, 0.3) is 0 Å². The van der Waals surface area contributed by atoms with E-state index < -0.39 is 10.4 Å². The minimum absolute atomic E-state index is 0.250. The lowest BCUT2D eigenvalue weighted by Crippen LogP contribution is -2.10. The van der Waals surface area contributed by atoms with Gasteiger partial charge < -0.3 is 10.0 Å². The smallest absolute Gasteiger partial charge is 0.394 e. The molecule has 0 heterocycles. The number of anilines is 1. The third-order valence-electron chi connectivity index (χ3n) is 1.55. The standard InChI is InChI=1S/C9H11NO.C2H6O.H2O4S/c1-10(2)9-6-4-3-5-8(9)7-11;1-2-3;1-5(2,3)4/h3-7H,1-2H3;3H,2H2,1H3;(H2,1,2,3,4). The second-order valence-corrected chi connectivity index (χ2v) is 4.23. The van der Waals surface area contributed by atoms with E-state index in [1.165, 1.54) is 0 Å². The second-order valence-electron chi connectivity index (χ2n) is 3.34. The zero-order valence-electron chi connectivity index (χ0n) is 11.0. The van der Waals surface area contributed by atoms with E-state index in [0.29, 0.717) is 0 Å². The van der Waals surface area contributed by atoms with Gasteiger partial charge in [-0.3, -0.25) is 13.9 Å². The fraction of sp³-hybridized carbons (Fsp3) is 0.364. The van der Waals surface area contributed by atoms with Crippen LogP contribution in [0.2, 0.25) is 0 Å². The Bertz CT molecular complexity index is 450. The van der Waals surface area contributed by atoms with Gasteiger partial charge in [0.25, 0.3) is 0 Å². The van der Waals surface area contributed by atoms with Crippen molar-refractivity contribution in [3.05, 3.63) is 29.8 Å². The Morgan fingerprint density at radius 2 is 1.58 bits per heavy atom. The zero-order valence-corrected chi connectivity index (χ0v) is 11.8. The number of benzene rings is 1. The predicted molar refractivity (Wildman–Crippen MR) is 73.1 cm³/mol. The number of aldehydes is 1.